The highest BCUT2D eigenvalue weighted by molar-refractivity contribution is 7.78. The minimum atomic E-state index is 0.940. The summed E-state index contributed by atoms with van der Waals surface area (Å²) in [6, 6.07) is 0. The van der Waals surface area contributed by atoms with Gasteiger partial charge in [-0.05, 0) is 0 Å². The van der Waals surface area contributed by atoms with Crippen LogP contribution in [0.3, 0.4) is 0 Å². The predicted molar refractivity (Wildman–Crippen MR) is 26.7 cm³/mol. The van der Waals surface area contributed by atoms with Gasteiger partial charge in [-0.25, -0.2) is 5.84 Å². The van der Waals surface area contributed by atoms with Crippen LogP contribution in [-0.2, 0) is 4.84 Å². The quantitative estimate of drug-likeness (QED) is 0.297. The van der Waals surface area contributed by atoms with Crippen LogP contribution in [0.5, 0.6) is 0 Å². The number of hydroxylamine groups is 1. The van der Waals surface area contributed by atoms with E-state index in [2.05, 4.69) is 17.1 Å². The highest BCUT2D eigenvalue weighted by atomic mass is 32.1. The van der Waals surface area contributed by atoms with Crippen LogP contribution in [0.4, 0.5) is 0 Å². The van der Waals surface area contributed by atoms with E-state index in [1.54, 1.807) is 0 Å². The summed E-state index contributed by atoms with van der Waals surface area (Å²) < 4.78 is 0. The van der Waals surface area contributed by atoms with Gasteiger partial charge in [-0.15, -0.1) is 0 Å². The van der Waals surface area contributed by atoms with Gasteiger partial charge in [0.05, 0.1) is 7.11 Å². The first kappa shape index (κ1) is 5.81. The SMILES string of the molecule is CON(N)C=S. The first-order chi connectivity index (χ1) is 2.81. The molecule has 0 amide bonds. The minimum absolute atomic E-state index is 0.940. The lowest BCUT2D eigenvalue weighted by atomic mass is 11.4. The summed E-state index contributed by atoms with van der Waals surface area (Å²) in [6.45, 7) is 0. The number of hydrazine groups is 1. The van der Waals surface area contributed by atoms with Crippen molar-refractivity contribution in [2.24, 2.45) is 5.84 Å². The Labute approximate surface area is 41.6 Å². The van der Waals surface area contributed by atoms with E-state index < -0.39 is 0 Å². The van der Waals surface area contributed by atoms with Gasteiger partial charge >= 0.3 is 0 Å². The lowest BCUT2D eigenvalue weighted by Gasteiger charge is -2.03. The molecule has 3 nitrogen and oxygen atoms in total. The monoisotopic (exact) mass is 106 g/mol. The van der Waals surface area contributed by atoms with Crippen molar-refractivity contribution < 1.29 is 4.84 Å². The van der Waals surface area contributed by atoms with Gasteiger partial charge in [0.25, 0.3) is 0 Å². The molecule has 0 aromatic carbocycles. The fourth-order valence-corrected chi connectivity index (χ4v) is 0.129. The third-order valence-corrected chi connectivity index (χ3v) is 0.522. The second kappa shape index (κ2) is 3.02. The second-order valence-electron chi connectivity index (χ2n) is 0.648. The lowest BCUT2D eigenvalue weighted by Crippen LogP contribution is -2.26. The molecule has 0 aliphatic rings. The molecule has 2 N–H and O–H groups in total. The fraction of sp³-hybridized carbons (Fsp3) is 0.500. The van der Waals surface area contributed by atoms with E-state index in [0.717, 1.165) is 5.17 Å². The van der Waals surface area contributed by atoms with Crippen LogP contribution >= 0.6 is 12.2 Å². The van der Waals surface area contributed by atoms with Crippen LogP contribution in [0.15, 0.2) is 0 Å². The van der Waals surface area contributed by atoms with Crippen LogP contribution in [-0.4, -0.2) is 17.8 Å². The summed E-state index contributed by atoms with van der Waals surface area (Å²) in [5.74, 6) is 4.92. The van der Waals surface area contributed by atoms with Gasteiger partial charge in [0.1, 0.15) is 5.49 Å². The third kappa shape index (κ3) is 2.07. The van der Waals surface area contributed by atoms with Gasteiger partial charge in [0, 0.05) is 0 Å². The van der Waals surface area contributed by atoms with Crippen LogP contribution in [0.1, 0.15) is 0 Å². The smallest absolute Gasteiger partial charge is 0.109 e. The molecule has 0 heterocycles. The lowest BCUT2D eigenvalue weighted by molar-refractivity contribution is -0.0587. The number of hydrogen-bond donors (Lipinski definition) is 1. The average molecular weight is 106 g/mol. The third-order valence-electron chi connectivity index (χ3n) is 0.315. The molecule has 0 aliphatic heterocycles. The van der Waals surface area contributed by atoms with Crippen molar-refractivity contribution >= 4 is 17.7 Å². The largest absolute Gasteiger partial charge is 0.261 e. The van der Waals surface area contributed by atoms with Crippen molar-refractivity contribution in [3.05, 3.63) is 0 Å². The molecule has 0 spiro atoms. The van der Waals surface area contributed by atoms with Gasteiger partial charge in [-0.3, -0.25) is 4.84 Å². The van der Waals surface area contributed by atoms with Gasteiger partial charge < -0.3 is 0 Å². The molecule has 0 aliphatic carbocycles. The molecule has 0 aromatic heterocycles. The van der Waals surface area contributed by atoms with Crippen LogP contribution in [0.2, 0.25) is 0 Å². The van der Waals surface area contributed by atoms with Gasteiger partial charge in [-0.2, -0.15) is 5.17 Å². The fourth-order valence-electron chi connectivity index (χ4n) is 0.0430. The van der Waals surface area contributed by atoms with Crippen molar-refractivity contribution in [3.63, 3.8) is 0 Å². The number of thiocarbonyl (C=S) groups is 1. The van der Waals surface area contributed by atoms with E-state index in [1.165, 1.54) is 12.6 Å². The zero-order chi connectivity index (χ0) is 4.99. The molecule has 0 aromatic rings. The molecule has 36 valence electrons. The normalized spacial score (nSPS) is 7.67. The summed E-state index contributed by atoms with van der Waals surface area (Å²) in [5, 5.41) is 0.940. The molecule has 0 atom stereocenters. The summed E-state index contributed by atoms with van der Waals surface area (Å²) in [7, 11) is 1.43. The Morgan fingerprint density at radius 2 is 2.50 bits per heavy atom. The number of nitrogens with zero attached hydrogens (tertiary/aromatic N) is 1. The van der Waals surface area contributed by atoms with Crippen molar-refractivity contribution in [2.45, 2.75) is 0 Å². The Hall–Kier alpha value is -0.190. The summed E-state index contributed by atoms with van der Waals surface area (Å²) in [6.07, 6.45) is 0. The van der Waals surface area contributed by atoms with Crippen LogP contribution < -0.4 is 5.84 Å². The molecule has 0 saturated heterocycles. The van der Waals surface area contributed by atoms with E-state index in [-0.39, 0.29) is 0 Å². The predicted octanol–water partition coefficient (Wildman–Crippen LogP) is -0.319. The van der Waals surface area contributed by atoms with E-state index >= 15 is 0 Å². The molecule has 0 saturated carbocycles. The highest BCUT2D eigenvalue weighted by Gasteiger charge is 1.76. The molecular formula is C2H6N2OS. The van der Waals surface area contributed by atoms with Crippen molar-refractivity contribution in [1.82, 2.24) is 5.17 Å². The zero-order valence-corrected chi connectivity index (χ0v) is 4.23. The summed E-state index contributed by atoms with van der Waals surface area (Å²) >= 11 is 4.32. The van der Waals surface area contributed by atoms with Gasteiger partial charge in [0.2, 0.25) is 0 Å². The van der Waals surface area contributed by atoms with E-state index in [1.807, 2.05) is 0 Å². The molecule has 0 fully saturated rings. The van der Waals surface area contributed by atoms with Crippen molar-refractivity contribution in [1.29, 1.82) is 0 Å². The topological polar surface area (TPSA) is 38.5 Å². The minimum Gasteiger partial charge on any atom is -0.261 e. The highest BCUT2D eigenvalue weighted by Crippen LogP contribution is 1.64. The molecular weight excluding hydrogens is 100 g/mol. The van der Waals surface area contributed by atoms with Crippen molar-refractivity contribution in [2.75, 3.05) is 7.11 Å². The first-order valence-electron chi connectivity index (χ1n) is 1.34. The zero-order valence-electron chi connectivity index (χ0n) is 3.42. The van der Waals surface area contributed by atoms with E-state index in [0.29, 0.717) is 0 Å². The molecule has 0 bridgehead atoms. The maximum Gasteiger partial charge on any atom is 0.109 e. The molecule has 0 radical (unpaired) electrons. The number of rotatable bonds is 2. The molecule has 0 rings (SSSR count). The second-order valence-corrected chi connectivity index (χ2v) is 0.859. The number of hydrogen-bond acceptors (Lipinski definition) is 3. The summed E-state index contributed by atoms with van der Waals surface area (Å²) in [4.78, 5) is 4.35. The molecule has 4 heteroatoms. The Bertz CT molecular complexity index is 48.8. The summed E-state index contributed by atoms with van der Waals surface area (Å²) in [5.41, 5.74) is 1.19. The Morgan fingerprint density at radius 1 is 2.00 bits per heavy atom. The van der Waals surface area contributed by atoms with Gasteiger partial charge in [-0.1, -0.05) is 12.2 Å². The van der Waals surface area contributed by atoms with E-state index in [9.17, 15) is 0 Å². The number of nitrogens with two attached hydrogens (primary N) is 1. The first-order valence-corrected chi connectivity index (χ1v) is 1.81. The maximum atomic E-state index is 4.92. The average Bonchev–Trinajstić information content (AvgIpc) is 1.65. The maximum absolute atomic E-state index is 4.92. The Morgan fingerprint density at radius 3 is 2.50 bits per heavy atom. The molecule has 0 unspecified atom stereocenters. The van der Waals surface area contributed by atoms with Crippen LogP contribution in [0, 0.1) is 0 Å². The van der Waals surface area contributed by atoms with Gasteiger partial charge in [0.15, 0.2) is 0 Å². The van der Waals surface area contributed by atoms with E-state index in [4.69, 9.17) is 5.84 Å². The standard InChI is InChI=1S/C2H6N2OS/c1-5-4(3)2-6/h2H,3H2,1H3. The van der Waals surface area contributed by atoms with Crippen LogP contribution in [0.25, 0.3) is 0 Å². The molecule has 6 heavy (non-hydrogen) atoms. The Balaban J connectivity index is 2.96. The van der Waals surface area contributed by atoms with Crippen molar-refractivity contribution in [3.8, 4) is 0 Å². The Kier molecular flexibility index (Phi) is 2.92.